The minimum absolute atomic E-state index is 0.0535. The van der Waals surface area contributed by atoms with Crippen molar-refractivity contribution in [3.8, 4) is 0 Å². The Balaban J connectivity index is 1.45. The van der Waals surface area contributed by atoms with Gasteiger partial charge in [0.25, 0.3) is 0 Å². The molecular weight excluding hydrogens is 418 g/mol. The van der Waals surface area contributed by atoms with E-state index in [4.69, 9.17) is 4.55 Å². The maximum absolute atomic E-state index is 13.2. The summed E-state index contributed by atoms with van der Waals surface area (Å²) >= 11 is 0. The minimum Gasteiger partial charge on any atom is -0.298 e. The number of fused-ring (bicyclic) bond motifs is 5. The zero-order chi connectivity index (χ0) is 21.0. The first kappa shape index (κ1) is 22.0. The summed E-state index contributed by atoms with van der Waals surface area (Å²) in [5.41, 5.74) is -0.0922. The molecule has 4 fully saturated rings. The van der Waals surface area contributed by atoms with Crippen molar-refractivity contribution in [1.29, 1.82) is 0 Å². The average molecular weight is 451 g/mol. The summed E-state index contributed by atoms with van der Waals surface area (Å²) in [4.78, 5) is 12.8. The summed E-state index contributed by atoms with van der Waals surface area (Å²) in [6.07, 6.45) is 6.03. The second-order valence-electron chi connectivity index (χ2n) is 10.2. The monoisotopic (exact) mass is 450 g/mol. The van der Waals surface area contributed by atoms with Gasteiger partial charge in [0.1, 0.15) is 5.78 Å². The van der Waals surface area contributed by atoms with E-state index in [1.165, 1.54) is 0 Å². The van der Waals surface area contributed by atoms with Gasteiger partial charge in [0, 0.05) is 22.6 Å². The lowest BCUT2D eigenvalue weighted by Gasteiger charge is -2.56. The number of rotatable bonds is 5. The predicted octanol–water partition coefficient (Wildman–Crippen LogP) is 5.24. The first-order valence-corrected chi connectivity index (χ1v) is 14.0. The van der Waals surface area contributed by atoms with Crippen molar-refractivity contribution in [1.82, 2.24) is 0 Å². The molecule has 0 saturated heterocycles. The Bertz CT molecular complexity index is 743. The van der Waals surface area contributed by atoms with Crippen molar-refractivity contribution >= 4 is 25.7 Å². The number of Topliss-reactive ketones (excluding diaryl/α,β-unsaturated/α-hetero) is 1. The number of carbonyl (C=O) groups excluding carboxylic acids is 1. The lowest BCUT2D eigenvalue weighted by molar-refractivity contribution is -0.128. The van der Waals surface area contributed by atoms with Crippen molar-refractivity contribution < 1.29 is 26.5 Å². The van der Waals surface area contributed by atoms with Crippen LogP contribution >= 0.6 is 10.8 Å². The molecule has 29 heavy (non-hydrogen) atoms. The molecule has 0 aromatic rings. The van der Waals surface area contributed by atoms with Gasteiger partial charge in [-0.05, 0) is 92.8 Å². The van der Waals surface area contributed by atoms with Crippen LogP contribution in [0.4, 0.5) is 8.78 Å². The molecule has 0 aliphatic heterocycles. The molecule has 0 amide bonds. The Hall–Kier alpha value is -0.210. The molecule has 4 nitrogen and oxygen atoms in total. The SMILES string of the molecule is CC12CCC3C4CCC(C(F)F)CC4CCC3C1CCC2C(=O)CSS(=O)(=O)O. The van der Waals surface area contributed by atoms with Crippen molar-refractivity contribution in [2.45, 2.75) is 71.1 Å². The van der Waals surface area contributed by atoms with Crippen LogP contribution in [0.1, 0.15) is 64.7 Å². The lowest BCUT2D eigenvalue weighted by atomic mass is 9.49. The fourth-order valence-corrected chi connectivity index (χ4v) is 9.14. The Kier molecular flexibility index (Phi) is 6.10. The number of ketones is 1. The van der Waals surface area contributed by atoms with Crippen LogP contribution in [-0.4, -0.2) is 30.9 Å². The second kappa shape index (κ2) is 8.05. The maximum Gasteiger partial charge on any atom is 0.320 e. The van der Waals surface area contributed by atoms with Crippen LogP contribution in [-0.2, 0) is 13.9 Å². The van der Waals surface area contributed by atoms with Crippen LogP contribution in [0.25, 0.3) is 0 Å². The molecule has 0 radical (unpaired) electrons. The van der Waals surface area contributed by atoms with Crippen LogP contribution < -0.4 is 0 Å². The molecule has 0 aromatic heterocycles. The van der Waals surface area contributed by atoms with Crippen LogP contribution in [0, 0.1) is 46.8 Å². The fraction of sp³-hybridized carbons (Fsp3) is 0.952. The first-order chi connectivity index (χ1) is 13.6. The van der Waals surface area contributed by atoms with Gasteiger partial charge >= 0.3 is 9.15 Å². The summed E-state index contributed by atoms with van der Waals surface area (Å²) < 4.78 is 57.4. The number of alkyl halides is 2. The van der Waals surface area contributed by atoms with E-state index in [2.05, 4.69) is 6.92 Å². The molecule has 0 heterocycles. The van der Waals surface area contributed by atoms with Gasteiger partial charge in [0.2, 0.25) is 6.43 Å². The summed E-state index contributed by atoms with van der Waals surface area (Å²) in [6.45, 7) is 2.21. The predicted molar refractivity (Wildman–Crippen MR) is 109 cm³/mol. The smallest absolute Gasteiger partial charge is 0.298 e. The molecular formula is C21H32F2O4S2. The van der Waals surface area contributed by atoms with E-state index >= 15 is 0 Å². The van der Waals surface area contributed by atoms with Crippen LogP contribution in [0.3, 0.4) is 0 Å². The second-order valence-corrected chi connectivity index (χ2v) is 13.5. The molecule has 1 N–H and O–H groups in total. The van der Waals surface area contributed by atoms with Gasteiger partial charge in [-0.15, -0.1) is 0 Å². The Morgan fingerprint density at radius 3 is 2.48 bits per heavy atom. The minimum atomic E-state index is -4.20. The highest BCUT2D eigenvalue weighted by Gasteiger charge is 2.58. The maximum atomic E-state index is 13.2. The summed E-state index contributed by atoms with van der Waals surface area (Å²) in [5.74, 6) is 1.88. The van der Waals surface area contributed by atoms with Crippen molar-refractivity contribution in [3.63, 3.8) is 0 Å². The van der Waals surface area contributed by atoms with Crippen LogP contribution in [0.2, 0.25) is 0 Å². The Labute approximate surface area is 176 Å². The molecule has 0 bridgehead atoms. The molecule has 4 saturated carbocycles. The van der Waals surface area contributed by atoms with E-state index in [-0.39, 0.29) is 22.9 Å². The molecule has 4 rings (SSSR count). The van der Waals surface area contributed by atoms with Crippen molar-refractivity contribution in [2.24, 2.45) is 46.8 Å². The zero-order valence-corrected chi connectivity index (χ0v) is 18.6. The fourth-order valence-electron chi connectivity index (χ4n) is 7.88. The molecule has 0 spiro atoms. The largest absolute Gasteiger partial charge is 0.320 e. The first-order valence-electron chi connectivity index (χ1n) is 11.0. The molecule has 166 valence electrons. The quantitative estimate of drug-likeness (QED) is 0.458. The van der Waals surface area contributed by atoms with E-state index in [0.29, 0.717) is 53.2 Å². The van der Waals surface area contributed by atoms with Crippen LogP contribution in [0.15, 0.2) is 0 Å². The third-order valence-electron chi connectivity index (χ3n) is 9.09. The zero-order valence-electron chi connectivity index (χ0n) is 16.9. The Morgan fingerprint density at radius 2 is 1.79 bits per heavy atom. The number of carbonyl (C=O) groups is 1. The van der Waals surface area contributed by atoms with Gasteiger partial charge in [-0.3, -0.25) is 9.35 Å². The Morgan fingerprint density at radius 1 is 1.07 bits per heavy atom. The highest BCUT2D eigenvalue weighted by atomic mass is 33.1. The van der Waals surface area contributed by atoms with E-state index in [1.54, 1.807) is 0 Å². The molecule has 8 atom stereocenters. The highest BCUT2D eigenvalue weighted by molar-refractivity contribution is 8.70. The molecule has 0 aromatic carbocycles. The third kappa shape index (κ3) is 4.14. The van der Waals surface area contributed by atoms with Crippen molar-refractivity contribution in [3.05, 3.63) is 0 Å². The normalized spacial score (nSPS) is 44.8. The highest BCUT2D eigenvalue weighted by Crippen LogP contribution is 2.64. The van der Waals surface area contributed by atoms with Gasteiger partial charge in [0.05, 0.1) is 5.75 Å². The van der Waals surface area contributed by atoms with E-state index < -0.39 is 21.5 Å². The number of hydrogen-bond acceptors (Lipinski definition) is 4. The lowest BCUT2D eigenvalue weighted by Crippen LogP contribution is -2.49. The number of halogens is 2. The van der Waals surface area contributed by atoms with Crippen molar-refractivity contribution in [2.75, 3.05) is 5.75 Å². The van der Waals surface area contributed by atoms with Gasteiger partial charge in [-0.2, -0.15) is 8.42 Å². The summed E-state index contributed by atoms with van der Waals surface area (Å²) in [7, 11) is -3.87. The van der Waals surface area contributed by atoms with Crippen LogP contribution in [0.5, 0.6) is 0 Å². The average Bonchev–Trinajstić information content (AvgIpc) is 3.02. The van der Waals surface area contributed by atoms with E-state index in [0.717, 1.165) is 44.9 Å². The van der Waals surface area contributed by atoms with Gasteiger partial charge < -0.3 is 0 Å². The summed E-state index contributed by atoms with van der Waals surface area (Å²) in [5, 5.41) is 0. The van der Waals surface area contributed by atoms with Gasteiger partial charge in [0.15, 0.2) is 0 Å². The number of hydrogen-bond donors (Lipinski definition) is 1. The molecule has 4 aliphatic carbocycles. The summed E-state index contributed by atoms with van der Waals surface area (Å²) in [6, 6.07) is 0. The van der Waals surface area contributed by atoms with E-state index in [9.17, 15) is 22.0 Å². The standard InChI is InChI=1S/C21H32F2O4S2/c1-21-9-8-15-14-4-3-13(20(22)23)10-12(14)2-5-16(15)17(21)6-7-18(21)19(24)11-28-29(25,26)27/h12-18,20H,2-11H2,1H3,(H,25,26,27). The molecule has 4 aliphatic rings. The molecule has 8 unspecified atom stereocenters. The third-order valence-corrected chi connectivity index (χ3v) is 11.0. The topological polar surface area (TPSA) is 71.4 Å². The van der Waals surface area contributed by atoms with Gasteiger partial charge in [-0.25, -0.2) is 8.78 Å². The van der Waals surface area contributed by atoms with Gasteiger partial charge in [-0.1, -0.05) is 6.92 Å². The molecule has 8 heteroatoms. The van der Waals surface area contributed by atoms with E-state index in [1.807, 2.05) is 0 Å².